The molecule has 0 aliphatic rings. The molecule has 0 aliphatic carbocycles. The predicted octanol–water partition coefficient (Wildman–Crippen LogP) is 16.4. The van der Waals surface area contributed by atoms with Gasteiger partial charge in [0.2, 0.25) is 0 Å². The van der Waals surface area contributed by atoms with E-state index >= 15 is 0 Å². The van der Waals surface area contributed by atoms with Crippen molar-refractivity contribution in [2.24, 2.45) is 0 Å². The number of hydrogen-bond donors (Lipinski definition) is 0. The highest BCUT2D eigenvalue weighted by atomic mass is 16.3. The first-order valence-corrected chi connectivity index (χ1v) is 21.1. The van der Waals surface area contributed by atoms with E-state index in [1.807, 2.05) is 0 Å². The van der Waals surface area contributed by atoms with E-state index in [9.17, 15) is 0 Å². The number of fused-ring (bicyclic) bond motifs is 8. The third-order valence-electron chi connectivity index (χ3n) is 12.1. The molecule has 12 aromatic rings. The van der Waals surface area contributed by atoms with Crippen LogP contribution >= 0.6 is 0 Å². The van der Waals surface area contributed by atoms with Crippen LogP contribution in [0.4, 0.5) is 34.1 Å². The van der Waals surface area contributed by atoms with Crippen LogP contribution in [0.5, 0.6) is 0 Å². The van der Waals surface area contributed by atoms with Crippen LogP contribution in [-0.4, -0.2) is 4.57 Å². The lowest BCUT2D eigenvalue weighted by Gasteiger charge is -2.27. The molecule has 62 heavy (non-hydrogen) atoms. The van der Waals surface area contributed by atoms with E-state index < -0.39 is 0 Å². The van der Waals surface area contributed by atoms with Crippen LogP contribution < -0.4 is 9.80 Å². The summed E-state index contributed by atoms with van der Waals surface area (Å²) in [5, 5.41) is 6.98. The molecule has 0 N–H and O–H groups in total. The van der Waals surface area contributed by atoms with E-state index in [1.54, 1.807) is 0 Å². The Kier molecular flexibility index (Phi) is 8.46. The summed E-state index contributed by atoms with van der Waals surface area (Å²) < 4.78 is 8.88. The van der Waals surface area contributed by atoms with Gasteiger partial charge in [0.05, 0.1) is 11.0 Å². The van der Waals surface area contributed by atoms with Gasteiger partial charge < -0.3 is 18.8 Å². The molecular formula is C58H39N3O. The first-order chi connectivity index (χ1) is 30.7. The number of para-hydroxylation sites is 4. The summed E-state index contributed by atoms with van der Waals surface area (Å²) >= 11 is 0. The number of rotatable bonds is 8. The molecule has 4 heteroatoms. The standard InChI is InChI=1S/C58H39N3O/c1-4-17-43(18-5-1)59(49-32-35-52-51-25-12-13-26-55(51)61(56(52)39-49)45-21-8-3-9-22-45)46-30-27-40(28-31-46)42-16-14-23-47(37-42)60(44-19-6-2-7-20-44)48-33-36-57-54(38-48)53-34-29-41-15-10-11-24-50(41)58(53)62-57/h1-39H. The van der Waals surface area contributed by atoms with Crippen LogP contribution in [0.1, 0.15) is 0 Å². The van der Waals surface area contributed by atoms with Gasteiger partial charge in [-0.2, -0.15) is 0 Å². The van der Waals surface area contributed by atoms with E-state index in [-0.39, 0.29) is 0 Å². The molecule has 4 nitrogen and oxygen atoms in total. The highest BCUT2D eigenvalue weighted by Crippen LogP contribution is 2.43. The number of nitrogens with zero attached hydrogens (tertiary/aromatic N) is 3. The summed E-state index contributed by atoms with van der Waals surface area (Å²) in [5.74, 6) is 0. The third kappa shape index (κ3) is 6.00. The fraction of sp³-hybridized carbons (Fsp3) is 0. The molecule has 0 bridgehead atoms. The van der Waals surface area contributed by atoms with Crippen LogP contribution in [-0.2, 0) is 0 Å². The van der Waals surface area contributed by atoms with Gasteiger partial charge in [-0.15, -0.1) is 0 Å². The molecule has 0 spiro atoms. The van der Waals surface area contributed by atoms with Crippen molar-refractivity contribution in [1.29, 1.82) is 0 Å². The van der Waals surface area contributed by atoms with Crippen LogP contribution in [0.25, 0.3) is 71.3 Å². The number of hydrogen-bond acceptors (Lipinski definition) is 3. The van der Waals surface area contributed by atoms with Crippen molar-refractivity contribution in [3.8, 4) is 16.8 Å². The first kappa shape index (κ1) is 35.6. The molecule has 0 atom stereocenters. The molecule has 10 aromatic carbocycles. The maximum Gasteiger partial charge on any atom is 0.143 e. The summed E-state index contributed by atoms with van der Waals surface area (Å²) in [4.78, 5) is 4.68. The summed E-state index contributed by atoms with van der Waals surface area (Å²) in [6.45, 7) is 0. The van der Waals surface area contributed by atoms with Gasteiger partial charge in [0.1, 0.15) is 11.2 Å². The Balaban J connectivity index is 0.939. The second-order valence-corrected chi connectivity index (χ2v) is 15.8. The number of anilines is 6. The Morgan fingerprint density at radius 3 is 1.63 bits per heavy atom. The summed E-state index contributed by atoms with van der Waals surface area (Å²) in [5.41, 5.74) is 14.1. The van der Waals surface area contributed by atoms with Crippen molar-refractivity contribution in [1.82, 2.24) is 4.57 Å². The fourth-order valence-electron chi connectivity index (χ4n) is 9.26. The van der Waals surface area contributed by atoms with Gasteiger partial charge in [-0.25, -0.2) is 0 Å². The molecule has 2 aromatic heterocycles. The zero-order valence-electron chi connectivity index (χ0n) is 33.8. The molecule has 0 amide bonds. The van der Waals surface area contributed by atoms with Gasteiger partial charge in [-0.05, 0) is 120 Å². The number of benzene rings is 10. The zero-order valence-corrected chi connectivity index (χ0v) is 33.8. The van der Waals surface area contributed by atoms with Crippen molar-refractivity contribution in [3.63, 3.8) is 0 Å². The highest BCUT2D eigenvalue weighted by molar-refractivity contribution is 6.16. The van der Waals surface area contributed by atoms with E-state index in [4.69, 9.17) is 4.42 Å². The monoisotopic (exact) mass is 793 g/mol. The topological polar surface area (TPSA) is 24.6 Å². The van der Waals surface area contributed by atoms with E-state index in [0.717, 1.165) is 78.3 Å². The van der Waals surface area contributed by atoms with Gasteiger partial charge in [0.25, 0.3) is 0 Å². The second kappa shape index (κ2) is 14.7. The van der Waals surface area contributed by atoms with Crippen LogP contribution in [0.3, 0.4) is 0 Å². The van der Waals surface area contributed by atoms with Gasteiger partial charge in [0.15, 0.2) is 0 Å². The maximum atomic E-state index is 6.50. The third-order valence-corrected chi connectivity index (χ3v) is 12.1. The minimum absolute atomic E-state index is 0.880. The molecule has 2 heterocycles. The van der Waals surface area contributed by atoms with Crippen LogP contribution in [0.15, 0.2) is 241 Å². The van der Waals surface area contributed by atoms with Crippen molar-refractivity contribution < 1.29 is 4.42 Å². The Labute approximate surface area is 359 Å². The Morgan fingerprint density at radius 1 is 0.306 bits per heavy atom. The molecule has 0 fully saturated rings. The normalized spacial score (nSPS) is 11.5. The molecular weight excluding hydrogens is 755 g/mol. The minimum atomic E-state index is 0.880. The van der Waals surface area contributed by atoms with Crippen molar-refractivity contribution in [2.45, 2.75) is 0 Å². The lowest BCUT2D eigenvalue weighted by atomic mass is 10.0. The number of aromatic nitrogens is 1. The molecule has 0 unspecified atom stereocenters. The lowest BCUT2D eigenvalue weighted by Crippen LogP contribution is -2.10. The quantitative estimate of drug-likeness (QED) is 0.153. The SMILES string of the molecule is c1ccc(N(c2cccc(-c3ccc(N(c4ccccc4)c4ccc5c6ccccc6n(-c6ccccc6)c5c4)cc3)c2)c2ccc3oc4c5ccccc5ccc4c3c2)cc1. The smallest absolute Gasteiger partial charge is 0.143 e. The Morgan fingerprint density at radius 2 is 0.855 bits per heavy atom. The second-order valence-electron chi connectivity index (χ2n) is 15.8. The highest BCUT2D eigenvalue weighted by Gasteiger charge is 2.19. The molecule has 0 radical (unpaired) electrons. The predicted molar refractivity (Wildman–Crippen MR) is 260 cm³/mol. The van der Waals surface area contributed by atoms with Crippen molar-refractivity contribution in [3.05, 3.63) is 237 Å². The van der Waals surface area contributed by atoms with Gasteiger partial charge in [-0.1, -0.05) is 133 Å². The minimum Gasteiger partial charge on any atom is -0.455 e. The van der Waals surface area contributed by atoms with E-state index in [2.05, 4.69) is 251 Å². The molecule has 0 saturated carbocycles. The Bertz CT molecular complexity index is 3570. The average Bonchev–Trinajstić information content (AvgIpc) is 3.89. The Hall–Kier alpha value is -8.34. The largest absolute Gasteiger partial charge is 0.455 e. The van der Waals surface area contributed by atoms with Crippen molar-refractivity contribution in [2.75, 3.05) is 9.80 Å². The average molecular weight is 794 g/mol. The lowest BCUT2D eigenvalue weighted by molar-refractivity contribution is 0.672. The zero-order chi connectivity index (χ0) is 41.0. The van der Waals surface area contributed by atoms with Gasteiger partial charge in [-0.3, -0.25) is 0 Å². The van der Waals surface area contributed by atoms with Crippen LogP contribution in [0, 0.1) is 0 Å². The first-order valence-electron chi connectivity index (χ1n) is 21.1. The summed E-state index contributed by atoms with van der Waals surface area (Å²) in [6, 6.07) is 84.6. The fourth-order valence-corrected chi connectivity index (χ4v) is 9.26. The summed E-state index contributed by atoms with van der Waals surface area (Å²) in [6.07, 6.45) is 0. The van der Waals surface area contributed by atoms with Crippen molar-refractivity contribution >= 4 is 88.6 Å². The van der Waals surface area contributed by atoms with Gasteiger partial charge >= 0.3 is 0 Å². The van der Waals surface area contributed by atoms with Gasteiger partial charge in [0, 0.05) is 66.7 Å². The van der Waals surface area contributed by atoms with Crippen LogP contribution in [0.2, 0.25) is 0 Å². The van der Waals surface area contributed by atoms with E-state index in [1.165, 1.54) is 27.2 Å². The molecule has 0 aliphatic heterocycles. The molecule has 12 rings (SSSR count). The van der Waals surface area contributed by atoms with E-state index in [0.29, 0.717) is 0 Å². The molecule has 0 saturated heterocycles. The summed E-state index contributed by atoms with van der Waals surface area (Å²) in [7, 11) is 0. The molecule has 292 valence electrons. The maximum absolute atomic E-state index is 6.50. The number of furan rings is 1.